The molecule has 20 heavy (non-hydrogen) atoms. The number of hydrazine groups is 1. The van der Waals surface area contributed by atoms with Crippen molar-refractivity contribution in [2.24, 2.45) is 0 Å². The summed E-state index contributed by atoms with van der Waals surface area (Å²) in [4.78, 5) is 1.94. The Morgan fingerprint density at radius 1 is 1.15 bits per heavy atom. The first kappa shape index (κ1) is 15.0. The van der Waals surface area contributed by atoms with Crippen LogP contribution in [0.15, 0.2) is 35.9 Å². The van der Waals surface area contributed by atoms with E-state index in [0.29, 0.717) is 13.1 Å². The number of aliphatic hydroxyl groups excluding tert-OH is 2. The fourth-order valence-electron chi connectivity index (χ4n) is 1.88. The summed E-state index contributed by atoms with van der Waals surface area (Å²) in [7, 11) is 0. The molecule has 0 amide bonds. The molecular weight excluding hydrogens is 276 g/mol. The van der Waals surface area contributed by atoms with Crippen LogP contribution >= 0.6 is 11.8 Å². The molecule has 0 radical (unpaired) electrons. The van der Waals surface area contributed by atoms with Crippen molar-refractivity contribution in [3.8, 4) is 0 Å². The molecule has 110 valence electrons. The van der Waals surface area contributed by atoms with Crippen molar-refractivity contribution in [2.45, 2.75) is 5.50 Å². The molecular formula is C13H20N4O2S. The average Bonchev–Trinajstić information content (AvgIpc) is 2.99. The standard InChI is InChI=1S/C13H20N4O2S/c18-8-6-17(7-9-19)12-3-1-11(2-4-12)15-16-13-14-5-10-20-13/h1-5,10,13-16,18-19H,6-9H2. The van der Waals surface area contributed by atoms with Gasteiger partial charge in [0.1, 0.15) is 5.50 Å². The van der Waals surface area contributed by atoms with Gasteiger partial charge in [0.15, 0.2) is 0 Å². The fourth-order valence-corrected chi connectivity index (χ4v) is 2.47. The van der Waals surface area contributed by atoms with Crippen molar-refractivity contribution in [3.63, 3.8) is 0 Å². The van der Waals surface area contributed by atoms with Crippen LogP contribution in [0.4, 0.5) is 11.4 Å². The summed E-state index contributed by atoms with van der Waals surface area (Å²) in [5.74, 6) is 0. The number of thioether (sulfide) groups is 1. The molecule has 1 heterocycles. The Bertz CT molecular complexity index is 413. The van der Waals surface area contributed by atoms with Gasteiger partial charge in [-0.2, -0.15) is 0 Å². The summed E-state index contributed by atoms with van der Waals surface area (Å²) in [6.45, 7) is 1.16. The third-order valence-corrected chi connectivity index (χ3v) is 3.67. The number of nitrogens with zero attached hydrogens (tertiary/aromatic N) is 1. The zero-order valence-electron chi connectivity index (χ0n) is 11.1. The molecule has 6 nitrogen and oxygen atoms in total. The van der Waals surface area contributed by atoms with Gasteiger partial charge in [-0.1, -0.05) is 11.8 Å². The molecule has 1 aliphatic rings. The fraction of sp³-hybridized carbons (Fsp3) is 0.385. The number of hydrogen-bond donors (Lipinski definition) is 5. The lowest BCUT2D eigenvalue weighted by Gasteiger charge is -2.23. The van der Waals surface area contributed by atoms with Crippen molar-refractivity contribution >= 4 is 23.1 Å². The second-order valence-corrected chi connectivity index (χ2v) is 5.25. The van der Waals surface area contributed by atoms with Gasteiger partial charge in [0.25, 0.3) is 0 Å². The van der Waals surface area contributed by atoms with Crippen LogP contribution in [0.3, 0.4) is 0 Å². The van der Waals surface area contributed by atoms with Crippen LogP contribution in [0, 0.1) is 0 Å². The van der Waals surface area contributed by atoms with Crippen LogP contribution in [-0.4, -0.2) is 42.0 Å². The third-order valence-electron chi connectivity index (χ3n) is 2.85. The van der Waals surface area contributed by atoms with Crippen molar-refractivity contribution in [1.82, 2.24) is 10.7 Å². The van der Waals surface area contributed by atoms with Crippen LogP contribution < -0.4 is 21.1 Å². The quantitative estimate of drug-likeness (QED) is 0.447. The summed E-state index contributed by atoms with van der Waals surface area (Å²) >= 11 is 1.65. The van der Waals surface area contributed by atoms with Gasteiger partial charge in [0, 0.05) is 30.7 Å². The smallest absolute Gasteiger partial charge is 0.145 e. The SMILES string of the molecule is OCCN(CCO)c1ccc(NNC2NC=CS2)cc1. The van der Waals surface area contributed by atoms with Crippen LogP contribution in [0.5, 0.6) is 0 Å². The normalized spacial score (nSPS) is 17.0. The van der Waals surface area contributed by atoms with E-state index >= 15 is 0 Å². The molecule has 1 aromatic rings. The highest BCUT2D eigenvalue weighted by atomic mass is 32.2. The van der Waals surface area contributed by atoms with Gasteiger partial charge in [-0.3, -0.25) is 0 Å². The molecule has 1 aromatic carbocycles. The predicted octanol–water partition coefficient (Wildman–Crippen LogP) is 0.485. The minimum Gasteiger partial charge on any atom is -0.395 e. The van der Waals surface area contributed by atoms with E-state index < -0.39 is 0 Å². The second kappa shape index (κ2) is 8.01. The van der Waals surface area contributed by atoms with Gasteiger partial charge < -0.3 is 25.9 Å². The maximum absolute atomic E-state index is 9.02. The van der Waals surface area contributed by atoms with Crippen LogP contribution in [0.1, 0.15) is 0 Å². The van der Waals surface area contributed by atoms with Crippen LogP contribution in [0.25, 0.3) is 0 Å². The second-order valence-electron chi connectivity index (χ2n) is 4.24. The summed E-state index contributed by atoms with van der Waals surface area (Å²) in [5.41, 5.74) is 8.34. The first-order chi connectivity index (χ1) is 9.83. The van der Waals surface area contributed by atoms with E-state index in [1.807, 2.05) is 40.8 Å². The van der Waals surface area contributed by atoms with Gasteiger partial charge in [-0.25, -0.2) is 5.43 Å². The molecule has 5 N–H and O–H groups in total. The van der Waals surface area contributed by atoms with Crippen molar-refractivity contribution < 1.29 is 10.2 Å². The molecule has 0 spiro atoms. The Labute approximate surface area is 122 Å². The number of aliphatic hydroxyl groups is 2. The highest BCUT2D eigenvalue weighted by molar-refractivity contribution is 8.02. The van der Waals surface area contributed by atoms with E-state index in [2.05, 4.69) is 16.2 Å². The van der Waals surface area contributed by atoms with Gasteiger partial charge >= 0.3 is 0 Å². The Kier molecular flexibility index (Phi) is 6.00. The van der Waals surface area contributed by atoms with Gasteiger partial charge in [-0.15, -0.1) is 0 Å². The molecule has 0 saturated carbocycles. The predicted molar refractivity (Wildman–Crippen MR) is 83.2 cm³/mol. The van der Waals surface area contributed by atoms with Crippen LogP contribution in [0.2, 0.25) is 0 Å². The van der Waals surface area contributed by atoms with E-state index in [9.17, 15) is 0 Å². The number of nitrogens with one attached hydrogen (secondary N) is 3. The molecule has 0 aromatic heterocycles. The first-order valence-corrected chi connectivity index (χ1v) is 7.42. The van der Waals surface area contributed by atoms with E-state index in [0.717, 1.165) is 11.4 Å². The molecule has 1 aliphatic heterocycles. The highest BCUT2D eigenvalue weighted by Gasteiger charge is 2.08. The molecule has 0 saturated heterocycles. The third kappa shape index (κ3) is 4.31. The average molecular weight is 296 g/mol. The zero-order chi connectivity index (χ0) is 14.2. The topological polar surface area (TPSA) is 79.8 Å². The lowest BCUT2D eigenvalue weighted by molar-refractivity contribution is 0.281. The van der Waals surface area contributed by atoms with Crippen molar-refractivity contribution in [3.05, 3.63) is 35.9 Å². The largest absolute Gasteiger partial charge is 0.395 e. The van der Waals surface area contributed by atoms with E-state index in [1.54, 1.807) is 11.8 Å². The number of hydrogen-bond acceptors (Lipinski definition) is 7. The summed E-state index contributed by atoms with van der Waals surface area (Å²) < 4.78 is 0. The van der Waals surface area contributed by atoms with Crippen LogP contribution in [-0.2, 0) is 0 Å². The maximum Gasteiger partial charge on any atom is 0.145 e. The zero-order valence-corrected chi connectivity index (χ0v) is 11.9. The number of anilines is 2. The Morgan fingerprint density at radius 2 is 1.85 bits per heavy atom. The minimum atomic E-state index is 0.0686. The van der Waals surface area contributed by atoms with E-state index in [1.165, 1.54) is 0 Å². The van der Waals surface area contributed by atoms with Crippen molar-refractivity contribution in [2.75, 3.05) is 36.6 Å². The molecule has 0 bridgehead atoms. The lowest BCUT2D eigenvalue weighted by atomic mass is 10.2. The summed E-state index contributed by atoms with van der Waals surface area (Å²) in [5, 5.41) is 23.2. The van der Waals surface area contributed by atoms with Gasteiger partial charge in [0.05, 0.1) is 13.2 Å². The molecule has 1 unspecified atom stereocenters. The van der Waals surface area contributed by atoms with E-state index in [-0.39, 0.29) is 18.7 Å². The molecule has 0 aliphatic carbocycles. The Hall–Kier alpha value is -1.41. The van der Waals surface area contributed by atoms with Crippen molar-refractivity contribution in [1.29, 1.82) is 0 Å². The highest BCUT2D eigenvalue weighted by Crippen LogP contribution is 2.18. The van der Waals surface area contributed by atoms with E-state index in [4.69, 9.17) is 10.2 Å². The number of rotatable bonds is 8. The maximum atomic E-state index is 9.02. The Morgan fingerprint density at radius 3 is 2.40 bits per heavy atom. The Balaban J connectivity index is 1.87. The molecule has 2 rings (SSSR count). The summed E-state index contributed by atoms with van der Waals surface area (Å²) in [6.07, 6.45) is 1.90. The lowest BCUT2D eigenvalue weighted by Crippen LogP contribution is -2.38. The molecule has 1 atom stereocenters. The minimum absolute atomic E-state index is 0.0686. The first-order valence-electron chi connectivity index (χ1n) is 6.48. The molecule has 7 heteroatoms. The molecule has 0 fully saturated rings. The number of benzene rings is 1. The van der Waals surface area contributed by atoms with Gasteiger partial charge in [-0.05, 0) is 29.7 Å². The monoisotopic (exact) mass is 296 g/mol. The van der Waals surface area contributed by atoms with Gasteiger partial charge in [0.2, 0.25) is 0 Å². The summed E-state index contributed by atoms with van der Waals surface area (Å²) in [6, 6.07) is 7.83.